The maximum Gasteiger partial charge on any atom is 0.247 e. The molecule has 2 aromatic heterocycles. The van der Waals surface area contributed by atoms with Gasteiger partial charge in [-0.05, 0) is 109 Å². The number of ether oxygens (including phenoxy) is 2. The van der Waals surface area contributed by atoms with Crippen molar-refractivity contribution in [2.75, 3.05) is 18.1 Å². The van der Waals surface area contributed by atoms with Crippen LogP contribution in [0.5, 0.6) is 11.5 Å². The average Bonchev–Trinajstić information content (AvgIpc) is 4.26. The second kappa shape index (κ2) is 23.3. The minimum absolute atomic E-state index is 0.0216. The lowest BCUT2D eigenvalue weighted by Gasteiger charge is -2.50. The standard InChI is InChI=1S/C58H56N8O5/c1-43-17-26-51(27-18-43)66-54(32-19-44-11-3-2-4-12-44)57(58(66)69)63(39-49-41-64(61-59-49)35-9-37-70-52-28-22-47(23-29-52)55(67)33-20-45-13-5-6-14-45)40-50-42-65(62-60-50)36-10-38-71-53-30-24-48(25-31-53)56(68)34-21-46-15-7-8-16-46/h2-5,7,11-34,41-42,54,57H,6,8-10,35-40H2,1H3/b32-19+,33-20+,34-21+/t54-,57+/m1/s1. The zero-order valence-electron chi connectivity index (χ0n) is 39.7. The number of hydrogen-bond acceptors (Lipinski definition) is 10. The molecule has 13 heteroatoms. The lowest BCUT2D eigenvalue weighted by molar-refractivity contribution is -0.131. The van der Waals surface area contributed by atoms with Gasteiger partial charge in [-0.15, -0.1) is 10.2 Å². The van der Waals surface area contributed by atoms with E-state index >= 15 is 0 Å². The van der Waals surface area contributed by atoms with Crippen LogP contribution in [0.25, 0.3) is 6.08 Å². The van der Waals surface area contributed by atoms with Crippen LogP contribution in [0.1, 0.15) is 68.9 Å². The third-order valence-corrected chi connectivity index (χ3v) is 12.3. The fourth-order valence-electron chi connectivity index (χ4n) is 8.55. The first-order valence-electron chi connectivity index (χ1n) is 24.1. The Morgan fingerprint density at radius 1 is 0.662 bits per heavy atom. The molecule has 3 heterocycles. The highest BCUT2D eigenvalue weighted by Crippen LogP contribution is 2.34. The van der Waals surface area contributed by atoms with E-state index in [9.17, 15) is 14.4 Å². The van der Waals surface area contributed by atoms with E-state index in [1.54, 1.807) is 45.8 Å². The van der Waals surface area contributed by atoms with Gasteiger partial charge in [0.1, 0.15) is 17.5 Å². The largest absolute Gasteiger partial charge is 0.494 e. The van der Waals surface area contributed by atoms with Gasteiger partial charge >= 0.3 is 0 Å². The summed E-state index contributed by atoms with van der Waals surface area (Å²) in [4.78, 5) is 43.7. The van der Waals surface area contributed by atoms with Gasteiger partial charge in [-0.25, -0.2) is 0 Å². The van der Waals surface area contributed by atoms with Gasteiger partial charge in [-0.1, -0.05) is 119 Å². The third kappa shape index (κ3) is 12.9. The number of aryl methyl sites for hydroxylation is 3. The van der Waals surface area contributed by atoms with E-state index in [0.717, 1.165) is 40.8 Å². The molecule has 71 heavy (non-hydrogen) atoms. The van der Waals surface area contributed by atoms with Gasteiger partial charge in [0.2, 0.25) is 5.91 Å². The van der Waals surface area contributed by atoms with Crippen molar-refractivity contribution in [2.45, 2.75) is 70.9 Å². The number of allylic oxidation sites excluding steroid dienone is 12. The second-order valence-corrected chi connectivity index (χ2v) is 17.6. The molecule has 1 saturated heterocycles. The van der Waals surface area contributed by atoms with Crippen molar-refractivity contribution >= 4 is 29.2 Å². The molecule has 0 spiro atoms. The Kier molecular flexibility index (Phi) is 15.7. The fraction of sp³-hybridized carbons (Fsp3) is 0.224. The lowest BCUT2D eigenvalue weighted by Crippen LogP contribution is -2.70. The molecular formula is C58H56N8O5. The molecule has 3 aliphatic rings. The highest BCUT2D eigenvalue weighted by atomic mass is 16.5. The molecule has 13 nitrogen and oxygen atoms in total. The number of carbonyl (C=O) groups excluding carboxylic acids is 3. The molecule has 9 rings (SSSR count). The topological polar surface area (TPSA) is 138 Å². The number of amides is 1. The highest BCUT2D eigenvalue weighted by Gasteiger charge is 2.50. The average molecular weight is 945 g/mol. The van der Waals surface area contributed by atoms with Crippen molar-refractivity contribution in [3.8, 4) is 11.5 Å². The minimum atomic E-state index is -0.521. The zero-order valence-corrected chi connectivity index (χ0v) is 39.7. The van der Waals surface area contributed by atoms with E-state index in [-0.39, 0.29) is 23.5 Å². The predicted molar refractivity (Wildman–Crippen MR) is 275 cm³/mol. The number of aromatic nitrogens is 6. The molecule has 0 bridgehead atoms. The fourth-order valence-corrected chi connectivity index (χ4v) is 8.55. The number of nitrogens with zero attached hydrogens (tertiary/aromatic N) is 8. The number of rotatable bonds is 24. The first-order chi connectivity index (χ1) is 34.8. The van der Waals surface area contributed by atoms with Gasteiger partial charge in [-0.2, -0.15) is 0 Å². The molecule has 4 aromatic carbocycles. The van der Waals surface area contributed by atoms with Crippen LogP contribution in [-0.2, 0) is 31.0 Å². The second-order valence-electron chi connectivity index (χ2n) is 17.6. The molecule has 0 N–H and O–H groups in total. The quantitative estimate of drug-likeness (QED) is 0.0250. The van der Waals surface area contributed by atoms with Crippen LogP contribution in [-0.4, -0.2) is 77.7 Å². The molecule has 6 aromatic rings. The van der Waals surface area contributed by atoms with Gasteiger partial charge in [0.15, 0.2) is 11.6 Å². The molecule has 0 unspecified atom stereocenters. The molecule has 2 atom stereocenters. The summed E-state index contributed by atoms with van der Waals surface area (Å²) in [6.45, 7) is 4.76. The molecule has 1 fully saturated rings. The van der Waals surface area contributed by atoms with Gasteiger partial charge in [0.25, 0.3) is 0 Å². The van der Waals surface area contributed by atoms with Crippen LogP contribution < -0.4 is 14.4 Å². The Morgan fingerprint density at radius 3 is 1.68 bits per heavy atom. The Hall–Kier alpha value is -8.29. The number of carbonyl (C=O) groups is 3. The van der Waals surface area contributed by atoms with Crippen LogP contribution in [0.15, 0.2) is 194 Å². The van der Waals surface area contributed by atoms with Gasteiger partial charge in [0.05, 0.1) is 30.6 Å². The van der Waals surface area contributed by atoms with E-state index in [1.165, 1.54) is 0 Å². The first-order valence-corrected chi connectivity index (χ1v) is 24.1. The van der Waals surface area contributed by atoms with E-state index in [1.807, 2.05) is 127 Å². The number of ketones is 2. The molecule has 2 aliphatic carbocycles. The SMILES string of the molecule is Cc1ccc(N2C(=O)[C@@H](N(Cc3cn(CCCOc4ccc(C(=O)/C=C/C5=CCC=C5)cc4)nn3)Cc3cn(CCCOc4ccc(C(=O)/C=C/C5=CCC=C5)cc4)nn3)[C@H]2/C=C/c2ccccc2)cc1. The molecular weight excluding hydrogens is 889 g/mol. The summed E-state index contributed by atoms with van der Waals surface area (Å²) in [7, 11) is 0. The van der Waals surface area contributed by atoms with Crippen LogP contribution in [0.2, 0.25) is 0 Å². The molecule has 0 radical (unpaired) electrons. The van der Waals surface area contributed by atoms with Crippen molar-refractivity contribution in [3.63, 3.8) is 0 Å². The Morgan fingerprint density at radius 2 is 1.18 bits per heavy atom. The van der Waals surface area contributed by atoms with Crippen molar-refractivity contribution in [1.29, 1.82) is 0 Å². The Balaban J connectivity index is 0.832. The summed E-state index contributed by atoms with van der Waals surface area (Å²) in [5, 5.41) is 18.0. The Bertz CT molecular complexity index is 2870. The van der Waals surface area contributed by atoms with Crippen LogP contribution in [0.3, 0.4) is 0 Å². The summed E-state index contributed by atoms with van der Waals surface area (Å²) in [6, 6.07) is 31.7. The normalized spacial score (nSPS) is 16.4. The van der Waals surface area contributed by atoms with Crippen LogP contribution in [0, 0.1) is 6.92 Å². The van der Waals surface area contributed by atoms with E-state index < -0.39 is 6.04 Å². The van der Waals surface area contributed by atoms with Gasteiger partial charge < -0.3 is 14.4 Å². The summed E-state index contributed by atoms with van der Waals surface area (Å²) < 4.78 is 15.6. The maximum absolute atomic E-state index is 14.4. The van der Waals surface area contributed by atoms with Crippen molar-refractivity contribution in [3.05, 3.63) is 227 Å². The first kappa shape index (κ1) is 47.8. The molecule has 1 aliphatic heterocycles. The van der Waals surface area contributed by atoms with Gasteiger partial charge in [0, 0.05) is 68.2 Å². The number of hydrogen-bond donors (Lipinski definition) is 0. The number of benzene rings is 4. The summed E-state index contributed by atoms with van der Waals surface area (Å²) in [6.07, 6.45) is 30.3. The van der Waals surface area contributed by atoms with Gasteiger partial charge in [-0.3, -0.25) is 28.6 Å². The third-order valence-electron chi connectivity index (χ3n) is 12.3. The van der Waals surface area contributed by atoms with E-state index in [2.05, 4.69) is 62.0 Å². The highest BCUT2D eigenvalue weighted by molar-refractivity contribution is 6.07. The van der Waals surface area contributed by atoms with Crippen molar-refractivity contribution in [1.82, 2.24) is 34.9 Å². The van der Waals surface area contributed by atoms with Crippen molar-refractivity contribution < 1.29 is 23.9 Å². The lowest BCUT2D eigenvalue weighted by atomic mass is 9.90. The smallest absolute Gasteiger partial charge is 0.247 e. The van der Waals surface area contributed by atoms with E-state index in [4.69, 9.17) is 9.47 Å². The zero-order chi connectivity index (χ0) is 48.8. The molecule has 1 amide bonds. The monoisotopic (exact) mass is 944 g/mol. The Labute approximate surface area is 414 Å². The van der Waals surface area contributed by atoms with Crippen LogP contribution >= 0.6 is 0 Å². The summed E-state index contributed by atoms with van der Waals surface area (Å²) in [5.41, 5.74) is 7.70. The maximum atomic E-state index is 14.4. The molecule has 358 valence electrons. The molecule has 0 saturated carbocycles. The summed E-state index contributed by atoms with van der Waals surface area (Å²) >= 11 is 0. The number of anilines is 1. The van der Waals surface area contributed by atoms with E-state index in [0.29, 0.717) is 86.2 Å². The van der Waals surface area contributed by atoms with Crippen molar-refractivity contribution in [2.24, 2.45) is 0 Å². The summed E-state index contributed by atoms with van der Waals surface area (Å²) in [5.74, 6) is 1.24. The minimum Gasteiger partial charge on any atom is -0.494 e. The number of β-lactam (4-membered cyclic amide) rings is 1. The predicted octanol–water partition coefficient (Wildman–Crippen LogP) is 9.87. The van der Waals surface area contributed by atoms with Crippen LogP contribution in [0.4, 0.5) is 5.69 Å².